The molecule has 0 aliphatic carbocycles. The first-order chi connectivity index (χ1) is 8.67. The predicted octanol–water partition coefficient (Wildman–Crippen LogP) is 2.15. The molecule has 0 radical (unpaired) electrons. The lowest BCUT2D eigenvalue weighted by Gasteiger charge is -2.37. The van der Waals surface area contributed by atoms with Crippen molar-refractivity contribution in [3.05, 3.63) is 42.1 Å². The van der Waals surface area contributed by atoms with Crippen LogP contribution in [0.4, 0.5) is 0 Å². The van der Waals surface area contributed by atoms with E-state index in [4.69, 9.17) is 0 Å². The largest absolute Gasteiger partial charge is 0.384 e. The van der Waals surface area contributed by atoms with Gasteiger partial charge in [-0.05, 0) is 38.6 Å². The number of fused-ring (bicyclic) bond motifs is 1. The number of nitrogens with zero attached hydrogens (tertiary/aromatic N) is 2. The number of β-amino-alcohol motifs (C(OH)–C–C–N with tert-alkyl or cyclic N) is 1. The minimum atomic E-state index is -0.746. The Hall–Kier alpha value is -1.45. The maximum atomic E-state index is 10.8. The summed E-state index contributed by atoms with van der Waals surface area (Å²) in [6, 6.07) is 10.1. The molecule has 18 heavy (non-hydrogen) atoms. The fourth-order valence-corrected chi connectivity index (χ4v) is 2.81. The maximum absolute atomic E-state index is 10.8. The first-order valence-electron chi connectivity index (χ1n) is 6.44. The van der Waals surface area contributed by atoms with Crippen molar-refractivity contribution in [1.29, 1.82) is 0 Å². The van der Waals surface area contributed by atoms with Crippen molar-refractivity contribution in [3.8, 4) is 0 Å². The average Bonchev–Trinajstić information content (AvgIpc) is 2.38. The average molecular weight is 242 g/mol. The molecule has 2 aromatic rings. The molecule has 1 fully saturated rings. The number of benzene rings is 1. The molecule has 1 aromatic heterocycles. The van der Waals surface area contributed by atoms with Crippen LogP contribution in [0.3, 0.4) is 0 Å². The number of likely N-dealkylation sites (tertiary alicyclic amines) is 1. The molecule has 1 N–H and O–H groups in total. The van der Waals surface area contributed by atoms with E-state index in [9.17, 15) is 5.11 Å². The van der Waals surface area contributed by atoms with Crippen molar-refractivity contribution >= 4 is 10.9 Å². The van der Waals surface area contributed by atoms with Gasteiger partial charge >= 0.3 is 0 Å². The molecule has 3 rings (SSSR count). The lowest BCUT2D eigenvalue weighted by molar-refractivity contribution is -0.0279. The second kappa shape index (κ2) is 4.34. The molecule has 1 unspecified atom stereocenters. The molecule has 94 valence electrons. The highest BCUT2D eigenvalue weighted by molar-refractivity contribution is 5.78. The Morgan fingerprint density at radius 3 is 3.00 bits per heavy atom. The molecule has 1 aromatic carbocycles. The molecule has 1 atom stereocenters. The highest BCUT2D eigenvalue weighted by Gasteiger charge is 2.33. The molecule has 0 amide bonds. The van der Waals surface area contributed by atoms with Crippen LogP contribution in [-0.4, -0.2) is 35.1 Å². The van der Waals surface area contributed by atoms with E-state index in [0.717, 1.165) is 35.9 Å². The van der Waals surface area contributed by atoms with Gasteiger partial charge in [0.2, 0.25) is 0 Å². The Morgan fingerprint density at radius 1 is 1.33 bits per heavy atom. The monoisotopic (exact) mass is 242 g/mol. The predicted molar refractivity (Wildman–Crippen MR) is 72.4 cm³/mol. The number of hydrogen-bond acceptors (Lipinski definition) is 3. The van der Waals surface area contributed by atoms with Crippen LogP contribution < -0.4 is 0 Å². The van der Waals surface area contributed by atoms with Gasteiger partial charge in [0.05, 0.1) is 5.52 Å². The summed E-state index contributed by atoms with van der Waals surface area (Å²) in [4.78, 5) is 6.63. The summed E-state index contributed by atoms with van der Waals surface area (Å²) in [5.41, 5.74) is 1.17. The van der Waals surface area contributed by atoms with Crippen LogP contribution in [0.1, 0.15) is 18.4 Å². The summed E-state index contributed by atoms with van der Waals surface area (Å²) in [5.74, 6) is 0. The van der Waals surface area contributed by atoms with Gasteiger partial charge in [-0.3, -0.25) is 4.98 Å². The summed E-state index contributed by atoms with van der Waals surface area (Å²) in [7, 11) is 2.05. The third-order valence-corrected chi connectivity index (χ3v) is 3.79. The maximum Gasteiger partial charge on any atom is 0.104 e. The second-order valence-electron chi connectivity index (χ2n) is 5.29. The van der Waals surface area contributed by atoms with Gasteiger partial charge in [0.1, 0.15) is 5.60 Å². The Morgan fingerprint density at radius 2 is 2.17 bits per heavy atom. The quantitative estimate of drug-likeness (QED) is 0.832. The zero-order valence-electron chi connectivity index (χ0n) is 10.6. The van der Waals surface area contributed by atoms with Gasteiger partial charge in [0.15, 0.2) is 0 Å². The topological polar surface area (TPSA) is 36.4 Å². The Kier molecular flexibility index (Phi) is 2.80. The molecule has 2 heterocycles. The molecule has 1 aliphatic rings. The summed E-state index contributed by atoms with van der Waals surface area (Å²) in [6.07, 6.45) is 3.67. The number of aliphatic hydroxyl groups is 1. The van der Waals surface area contributed by atoms with Gasteiger partial charge < -0.3 is 10.0 Å². The Labute approximate surface area is 107 Å². The van der Waals surface area contributed by atoms with Crippen LogP contribution in [0.2, 0.25) is 0 Å². The van der Waals surface area contributed by atoms with Crippen LogP contribution in [0.25, 0.3) is 10.9 Å². The molecule has 0 spiro atoms. The van der Waals surface area contributed by atoms with Crippen molar-refractivity contribution in [3.63, 3.8) is 0 Å². The summed E-state index contributed by atoms with van der Waals surface area (Å²) < 4.78 is 0. The van der Waals surface area contributed by atoms with Gasteiger partial charge in [-0.25, -0.2) is 0 Å². The zero-order chi connectivity index (χ0) is 12.6. The number of pyridine rings is 1. The van der Waals surface area contributed by atoms with Crippen LogP contribution in [0, 0.1) is 0 Å². The molecule has 3 nitrogen and oxygen atoms in total. The minimum Gasteiger partial charge on any atom is -0.384 e. The number of hydrogen-bond donors (Lipinski definition) is 1. The van der Waals surface area contributed by atoms with Gasteiger partial charge in [-0.1, -0.05) is 18.2 Å². The van der Waals surface area contributed by atoms with Crippen LogP contribution in [0.5, 0.6) is 0 Å². The van der Waals surface area contributed by atoms with Crippen molar-refractivity contribution in [2.24, 2.45) is 0 Å². The normalized spacial score (nSPS) is 25.4. The van der Waals surface area contributed by atoms with E-state index in [-0.39, 0.29) is 0 Å². The van der Waals surface area contributed by atoms with E-state index in [1.54, 1.807) is 0 Å². The molecule has 3 heteroatoms. The fourth-order valence-electron chi connectivity index (χ4n) is 2.81. The molecule has 0 bridgehead atoms. The number of likely N-dealkylation sites (N-methyl/N-ethyl adjacent to an activating group) is 1. The minimum absolute atomic E-state index is 0.688. The van der Waals surface area contributed by atoms with Crippen molar-refractivity contribution in [1.82, 2.24) is 9.88 Å². The molecule has 1 saturated heterocycles. The number of piperidine rings is 1. The Bertz CT molecular complexity index is 569. The highest BCUT2D eigenvalue weighted by atomic mass is 16.3. The van der Waals surface area contributed by atoms with Gasteiger partial charge in [0.25, 0.3) is 0 Å². The first-order valence-corrected chi connectivity index (χ1v) is 6.44. The van der Waals surface area contributed by atoms with Gasteiger partial charge in [-0.2, -0.15) is 0 Å². The highest BCUT2D eigenvalue weighted by Crippen LogP contribution is 2.31. The fraction of sp³-hybridized carbons (Fsp3) is 0.400. The number of para-hydroxylation sites is 1. The van der Waals surface area contributed by atoms with Crippen LogP contribution >= 0.6 is 0 Å². The van der Waals surface area contributed by atoms with E-state index in [1.807, 2.05) is 30.5 Å². The smallest absolute Gasteiger partial charge is 0.104 e. The molecule has 1 aliphatic heterocycles. The SMILES string of the molecule is CN1CCCC(O)(c2cnc3ccccc3c2)C1. The lowest BCUT2D eigenvalue weighted by atomic mass is 9.86. The van der Waals surface area contributed by atoms with Gasteiger partial charge in [0, 0.05) is 23.7 Å². The van der Waals surface area contributed by atoms with Crippen molar-refractivity contribution in [2.75, 3.05) is 20.1 Å². The summed E-state index contributed by atoms with van der Waals surface area (Å²) in [6.45, 7) is 1.75. The third kappa shape index (κ3) is 2.00. The second-order valence-corrected chi connectivity index (χ2v) is 5.29. The van der Waals surface area contributed by atoms with Crippen LogP contribution in [-0.2, 0) is 5.60 Å². The zero-order valence-corrected chi connectivity index (χ0v) is 10.6. The number of aromatic nitrogens is 1. The standard InChI is InChI=1S/C15H18N2O/c1-17-8-4-7-15(18,11-17)13-9-12-5-2-3-6-14(12)16-10-13/h2-3,5-6,9-10,18H,4,7-8,11H2,1H3. The van der Waals surface area contributed by atoms with E-state index >= 15 is 0 Å². The summed E-state index contributed by atoms with van der Waals surface area (Å²) in [5, 5.41) is 11.9. The lowest BCUT2D eigenvalue weighted by Crippen LogP contribution is -2.44. The summed E-state index contributed by atoms with van der Waals surface area (Å²) >= 11 is 0. The first kappa shape index (κ1) is 11.6. The number of rotatable bonds is 1. The van der Waals surface area contributed by atoms with Crippen molar-refractivity contribution in [2.45, 2.75) is 18.4 Å². The van der Waals surface area contributed by atoms with E-state index in [1.165, 1.54) is 0 Å². The molecular weight excluding hydrogens is 224 g/mol. The Balaban J connectivity index is 2.02. The van der Waals surface area contributed by atoms with E-state index in [2.05, 4.69) is 23.0 Å². The third-order valence-electron chi connectivity index (χ3n) is 3.79. The van der Waals surface area contributed by atoms with Gasteiger partial charge in [-0.15, -0.1) is 0 Å². The van der Waals surface area contributed by atoms with Crippen molar-refractivity contribution < 1.29 is 5.11 Å². The van der Waals surface area contributed by atoms with E-state index in [0.29, 0.717) is 6.54 Å². The van der Waals surface area contributed by atoms with E-state index < -0.39 is 5.60 Å². The molecular formula is C15H18N2O. The molecule has 0 saturated carbocycles. The van der Waals surface area contributed by atoms with Crippen LogP contribution in [0.15, 0.2) is 36.5 Å².